The minimum atomic E-state index is 0.259. The largest absolute Gasteiger partial charge is 0.389 e. The average Bonchev–Trinajstić information content (AvgIpc) is 2.82. The van der Waals surface area contributed by atoms with Gasteiger partial charge in [0.2, 0.25) is 0 Å². The summed E-state index contributed by atoms with van der Waals surface area (Å²) >= 11 is 5.04. The van der Waals surface area contributed by atoms with Gasteiger partial charge in [-0.3, -0.25) is 0 Å². The molecule has 0 saturated carbocycles. The smallest absolute Gasteiger partial charge is 0.106 e. The normalized spacial score (nSPS) is 12.1. The van der Waals surface area contributed by atoms with Crippen LogP contribution in [0.1, 0.15) is 12.5 Å². The van der Waals surface area contributed by atoms with Gasteiger partial charge in [0.15, 0.2) is 0 Å². The monoisotopic (exact) mass is 260 g/mol. The molecule has 0 aliphatic rings. The van der Waals surface area contributed by atoms with Crippen LogP contribution in [0, 0.1) is 0 Å². The summed E-state index contributed by atoms with van der Waals surface area (Å²) in [6.45, 7) is 2.95. The molecule has 0 spiro atoms. The zero-order valence-corrected chi connectivity index (χ0v) is 11.0. The second-order valence-electron chi connectivity index (χ2n) is 4.21. The Morgan fingerprint density at radius 1 is 1.50 bits per heavy atom. The van der Waals surface area contributed by atoms with Gasteiger partial charge in [-0.15, -0.1) is 0 Å². The van der Waals surface area contributed by atoms with E-state index in [9.17, 15) is 0 Å². The van der Waals surface area contributed by atoms with E-state index in [2.05, 4.69) is 17.2 Å². The molecular weight excluding hydrogens is 244 g/mol. The second-order valence-corrected chi connectivity index (χ2v) is 4.65. The van der Waals surface area contributed by atoms with Crippen molar-refractivity contribution in [2.45, 2.75) is 19.5 Å². The van der Waals surface area contributed by atoms with Crippen LogP contribution in [0.4, 0.5) is 5.69 Å². The number of nitrogens with two attached hydrogens (primary N) is 1. The lowest BCUT2D eigenvalue weighted by atomic mass is 10.1. The number of nitrogens with zero attached hydrogens (tertiary/aromatic N) is 2. The Kier molecular flexibility index (Phi) is 3.94. The Bertz CT molecular complexity index is 522. The molecule has 0 fully saturated rings. The maximum atomic E-state index is 5.70. The molecule has 0 aliphatic heterocycles. The van der Waals surface area contributed by atoms with Crippen LogP contribution in [0.15, 0.2) is 43.0 Å². The van der Waals surface area contributed by atoms with Crippen molar-refractivity contribution in [3.63, 3.8) is 0 Å². The molecule has 5 heteroatoms. The molecule has 0 saturated heterocycles. The predicted octanol–water partition coefficient (Wildman–Crippen LogP) is 2.02. The van der Waals surface area contributed by atoms with Crippen LogP contribution in [0.2, 0.25) is 0 Å². The molecule has 1 unspecified atom stereocenters. The van der Waals surface area contributed by atoms with Gasteiger partial charge >= 0.3 is 0 Å². The van der Waals surface area contributed by atoms with Crippen molar-refractivity contribution in [2.24, 2.45) is 5.73 Å². The zero-order valence-electron chi connectivity index (χ0n) is 10.2. The lowest BCUT2D eigenvalue weighted by molar-refractivity contribution is 0.619. The van der Waals surface area contributed by atoms with Crippen molar-refractivity contribution in [2.75, 3.05) is 5.32 Å². The van der Waals surface area contributed by atoms with Crippen molar-refractivity contribution in [3.8, 4) is 0 Å². The maximum absolute atomic E-state index is 5.70. The lowest BCUT2D eigenvalue weighted by Gasteiger charge is -2.18. The van der Waals surface area contributed by atoms with Crippen LogP contribution in [0.5, 0.6) is 0 Å². The highest BCUT2D eigenvalue weighted by Gasteiger charge is 2.07. The highest BCUT2D eigenvalue weighted by Crippen LogP contribution is 2.16. The number of benzene rings is 1. The standard InChI is InChI=1S/C13H16N4S/c1-10(8-17-7-6-15-9-17)16-12-5-3-2-4-11(12)13(14)18/h2-7,9-10,16H,8H2,1H3,(H2,14,18). The van der Waals surface area contributed by atoms with Crippen LogP contribution >= 0.6 is 12.2 Å². The van der Waals surface area contributed by atoms with E-state index in [1.807, 2.05) is 35.0 Å². The quantitative estimate of drug-likeness (QED) is 0.808. The average molecular weight is 260 g/mol. The molecule has 1 aromatic heterocycles. The Balaban J connectivity index is 2.07. The third kappa shape index (κ3) is 3.07. The molecule has 2 aromatic rings. The van der Waals surface area contributed by atoms with Crippen LogP contribution in [0.3, 0.4) is 0 Å². The van der Waals surface area contributed by atoms with E-state index in [1.54, 1.807) is 12.5 Å². The number of rotatable bonds is 5. The van der Waals surface area contributed by atoms with E-state index in [-0.39, 0.29) is 6.04 Å². The first-order chi connectivity index (χ1) is 8.66. The number of aromatic nitrogens is 2. The number of hydrogen-bond donors (Lipinski definition) is 2. The van der Waals surface area contributed by atoms with Crippen LogP contribution < -0.4 is 11.1 Å². The van der Waals surface area contributed by atoms with Gasteiger partial charge < -0.3 is 15.6 Å². The lowest BCUT2D eigenvalue weighted by Crippen LogP contribution is -2.23. The highest BCUT2D eigenvalue weighted by atomic mass is 32.1. The van der Waals surface area contributed by atoms with Gasteiger partial charge in [-0.05, 0) is 19.1 Å². The van der Waals surface area contributed by atoms with Crippen LogP contribution in [-0.2, 0) is 6.54 Å². The highest BCUT2D eigenvalue weighted by molar-refractivity contribution is 7.80. The first-order valence-electron chi connectivity index (χ1n) is 5.78. The molecule has 3 N–H and O–H groups in total. The van der Waals surface area contributed by atoms with Crippen molar-refractivity contribution in [3.05, 3.63) is 48.5 Å². The first kappa shape index (κ1) is 12.6. The van der Waals surface area contributed by atoms with Crippen molar-refractivity contribution >= 4 is 22.9 Å². The zero-order chi connectivity index (χ0) is 13.0. The molecule has 2 rings (SSSR count). The van der Waals surface area contributed by atoms with Gasteiger partial charge in [0, 0.05) is 36.2 Å². The van der Waals surface area contributed by atoms with E-state index < -0.39 is 0 Å². The molecule has 1 aromatic carbocycles. The molecule has 0 bridgehead atoms. The van der Waals surface area contributed by atoms with Crippen molar-refractivity contribution in [1.29, 1.82) is 0 Å². The molecule has 94 valence electrons. The summed E-state index contributed by atoms with van der Waals surface area (Å²) < 4.78 is 2.03. The second kappa shape index (κ2) is 5.64. The van der Waals surface area contributed by atoms with Gasteiger partial charge in [0.1, 0.15) is 4.99 Å². The number of para-hydroxylation sites is 1. The minimum absolute atomic E-state index is 0.259. The Labute approximate surface area is 112 Å². The molecule has 0 radical (unpaired) electrons. The van der Waals surface area contributed by atoms with Gasteiger partial charge in [0.05, 0.1) is 6.33 Å². The molecule has 0 amide bonds. The maximum Gasteiger partial charge on any atom is 0.106 e. The molecule has 18 heavy (non-hydrogen) atoms. The Morgan fingerprint density at radius 2 is 2.28 bits per heavy atom. The topological polar surface area (TPSA) is 55.9 Å². The summed E-state index contributed by atoms with van der Waals surface area (Å²) in [5, 5.41) is 3.41. The minimum Gasteiger partial charge on any atom is -0.389 e. The fraction of sp³-hybridized carbons (Fsp3) is 0.231. The fourth-order valence-electron chi connectivity index (χ4n) is 1.85. The van der Waals surface area contributed by atoms with Crippen LogP contribution in [-0.4, -0.2) is 20.6 Å². The Hall–Kier alpha value is -1.88. The van der Waals surface area contributed by atoms with E-state index in [0.29, 0.717) is 4.99 Å². The predicted molar refractivity (Wildman–Crippen MR) is 77.6 cm³/mol. The molecule has 1 heterocycles. The van der Waals surface area contributed by atoms with E-state index in [0.717, 1.165) is 17.8 Å². The number of nitrogens with one attached hydrogen (secondary N) is 1. The summed E-state index contributed by atoms with van der Waals surface area (Å²) in [7, 11) is 0. The van der Waals surface area contributed by atoms with E-state index >= 15 is 0 Å². The third-order valence-corrected chi connectivity index (χ3v) is 2.86. The fourth-order valence-corrected chi connectivity index (χ4v) is 2.02. The van der Waals surface area contributed by atoms with Gasteiger partial charge in [-0.25, -0.2) is 4.98 Å². The first-order valence-corrected chi connectivity index (χ1v) is 6.19. The number of imidazole rings is 1. The summed E-state index contributed by atoms with van der Waals surface area (Å²) in [5.74, 6) is 0. The third-order valence-electron chi connectivity index (χ3n) is 2.64. The summed E-state index contributed by atoms with van der Waals surface area (Å²) in [6.07, 6.45) is 5.52. The van der Waals surface area contributed by atoms with E-state index in [1.165, 1.54) is 0 Å². The summed E-state index contributed by atoms with van der Waals surface area (Å²) in [4.78, 5) is 4.43. The van der Waals surface area contributed by atoms with Crippen LogP contribution in [0.25, 0.3) is 0 Å². The van der Waals surface area contributed by atoms with Gasteiger partial charge in [-0.1, -0.05) is 24.4 Å². The molecule has 0 aliphatic carbocycles. The van der Waals surface area contributed by atoms with E-state index in [4.69, 9.17) is 18.0 Å². The molecule has 4 nitrogen and oxygen atoms in total. The van der Waals surface area contributed by atoms with Crippen molar-refractivity contribution < 1.29 is 0 Å². The summed E-state index contributed by atoms with van der Waals surface area (Å²) in [5.41, 5.74) is 7.55. The van der Waals surface area contributed by atoms with Gasteiger partial charge in [-0.2, -0.15) is 0 Å². The molecule has 1 atom stereocenters. The van der Waals surface area contributed by atoms with Crippen molar-refractivity contribution in [1.82, 2.24) is 9.55 Å². The Morgan fingerprint density at radius 3 is 2.94 bits per heavy atom. The number of anilines is 1. The summed E-state index contributed by atoms with van der Waals surface area (Å²) in [6, 6.07) is 8.07. The SMILES string of the molecule is CC(Cn1ccnc1)Nc1ccccc1C(N)=S. The number of hydrogen-bond acceptors (Lipinski definition) is 3. The van der Waals surface area contributed by atoms with Gasteiger partial charge in [0.25, 0.3) is 0 Å². The number of thiocarbonyl (C=S) groups is 1. The molecular formula is C13H16N4S.